The van der Waals surface area contributed by atoms with Gasteiger partial charge in [0.15, 0.2) is 0 Å². The molecule has 0 bridgehead atoms. The second-order valence-electron chi connectivity index (χ2n) is 3.48. The zero-order valence-electron chi connectivity index (χ0n) is 6.29. The summed E-state index contributed by atoms with van der Waals surface area (Å²) in [5.41, 5.74) is 0. The topological polar surface area (TPSA) is 23.5 Å². The van der Waals surface area contributed by atoms with Crippen LogP contribution in [0, 0.1) is 5.92 Å². The molecule has 0 unspecified atom stereocenters. The summed E-state index contributed by atoms with van der Waals surface area (Å²) in [4.78, 5) is 2.53. The molecule has 2 rings (SSSR count). The van der Waals surface area contributed by atoms with Crippen molar-refractivity contribution >= 4 is 0 Å². The van der Waals surface area contributed by atoms with Crippen molar-refractivity contribution in [3.8, 4) is 0 Å². The van der Waals surface area contributed by atoms with Crippen molar-refractivity contribution in [1.82, 2.24) is 4.90 Å². The molecular weight excluding hydrogens is 126 g/mol. The lowest BCUT2D eigenvalue weighted by atomic mass is 10.00. The highest BCUT2D eigenvalue weighted by Crippen LogP contribution is 2.31. The summed E-state index contributed by atoms with van der Waals surface area (Å²) in [6.07, 6.45) is 3.90. The van der Waals surface area contributed by atoms with Crippen molar-refractivity contribution in [2.45, 2.75) is 25.3 Å². The second kappa shape index (κ2) is 2.51. The van der Waals surface area contributed by atoms with E-state index in [0.29, 0.717) is 12.5 Å². The maximum absolute atomic E-state index is 8.99. The zero-order valence-corrected chi connectivity index (χ0v) is 6.29. The lowest BCUT2D eigenvalue weighted by molar-refractivity contribution is 0.191. The van der Waals surface area contributed by atoms with Crippen LogP contribution in [0.1, 0.15) is 19.3 Å². The lowest BCUT2D eigenvalue weighted by Crippen LogP contribution is -2.27. The molecule has 2 aliphatic rings. The van der Waals surface area contributed by atoms with Gasteiger partial charge >= 0.3 is 0 Å². The number of aliphatic hydroxyl groups excluding tert-OH is 1. The Morgan fingerprint density at radius 2 is 2.20 bits per heavy atom. The maximum atomic E-state index is 8.99. The van der Waals surface area contributed by atoms with Crippen LogP contribution in [0.15, 0.2) is 0 Å². The SMILES string of the molecule is OC[C@@H]1CCN2CCC[C@@H]12. The van der Waals surface area contributed by atoms with Crippen molar-refractivity contribution in [1.29, 1.82) is 0 Å². The van der Waals surface area contributed by atoms with Crippen LogP contribution >= 0.6 is 0 Å². The smallest absolute Gasteiger partial charge is 0.0474 e. The van der Waals surface area contributed by atoms with Crippen molar-refractivity contribution in [2.75, 3.05) is 19.7 Å². The summed E-state index contributed by atoms with van der Waals surface area (Å²) >= 11 is 0. The third kappa shape index (κ3) is 0.867. The largest absolute Gasteiger partial charge is 0.396 e. The maximum Gasteiger partial charge on any atom is 0.0474 e. The Bertz CT molecular complexity index is 126. The molecule has 0 aromatic rings. The van der Waals surface area contributed by atoms with E-state index in [2.05, 4.69) is 4.90 Å². The Morgan fingerprint density at radius 1 is 1.30 bits per heavy atom. The molecule has 1 N–H and O–H groups in total. The van der Waals surface area contributed by atoms with E-state index in [1.807, 2.05) is 0 Å². The molecule has 2 heteroatoms. The average molecular weight is 141 g/mol. The summed E-state index contributed by atoms with van der Waals surface area (Å²) in [5, 5.41) is 8.99. The van der Waals surface area contributed by atoms with Crippen LogP contribution in [0.2, 0.25) is 0 Å². The first kappa shape index (κ1) is 6.62. The minimum atomic E-state index is 0.404. The molecule has 0 aromatic heterocycles. The van der Waals surface area contributed by atoms with Crippen LogP contribution in [0.25, 0.3) is 0 Å². The van der Waals surface area contributed by atoms with E-state index < -0.39 is 0 Å². The van der Waals surface area contributed by atoms with Crippen LogP contribution in [-0.2, 0) is 0 Å². The molecule has 0 aliphatic carbocycles. The first-order chi connectivity index (χ1) is 4.92. The van der Waals surface area contributed by atoms with Gasteiger partial charge in [-0.1, -0.05) is 0 Å². The summed E-state index contributed by atoms with van der Waals surface area (Å²) in [7, 11) is 0. The molecule has 2 fully saturated rings. The highest BCUT2D eigenvalue weighted by molar-refractivity contribution is 4.90. The van der Waals surface area contributed by atoms with E-state index in [0.717, 1.165) is 6.04 Å². The van der Waals surface area contributed by atoms with Gasteiger partial charge < -0.3 is 10.0 Å². The van der Waals surface area contributed by atoms with Crippen LogP contribution in [-0.4, -0.2) is 35.7 Å². The summed E-state index contributed by atoms with van der Waals surface area (Å²) in [5.74, 6) is 0.600. The van der Waals surface area contributed by atoms with Gasteiger partial charge in [0.05, 0.1) is 0 Å². The third-order valence-electron chi connectivity index (χ3n) is 2.98. The van der Waals surface area contributed by atoms with Gasteiger partial charge in [-0.25, -0.2) is 0 Å². The molecule has 58 valence electrons. The molecule has 2 aliphatic heterocycles. The summed E-state index contributed by atoms with van der Waals surface area (Å²) in [6, 6.07) is 0.741. The van der Waals surface area contributed by atoms with Gasteiger partial charge in [0.25, 0.3) is 0 Å². The number of rotatable bonds is 1. The quantitative estimate of drug-likeness (QED) is 0.573. The van der Waals surface area contributed by atoms with Gasteiger partial charge in [-0.2, -0.15) is 0 Å². The molecule has 10 heavy (non-hydrogen) atoms. The highest BCUT2D eigenvalue weighted by Gasteiger charge is 2.36. The second-order valence-corrected chi connectivity index (χ2v) is 3.48. The number of hydrogen-bond donors (Lipinski definition) is 1. The van der Waals surface area contributed by atoms with E-state index in [9.17, 15) is 0 Å². The first-order valence-electron chi connectivity index (χ1n) is 4.26. The Kier molecular flexibility index (Phi) is 1.66. The Hall–Kier alpha value is -0.0800. The van der Waals surface area contributed by atoms with Crippen LogP contribution in [0.3, 0.4) is 0 Å². The number of aliphatic hydroxyl groups is 1. The minimum Gasteiger partial charge on any atom is -0.396 e. The molecule has 2 heterocycles. The third-order valence-corrected chi connectivity index (χ3v) is 2.98. The van der Waals surface area contributed by atoms with Gasteiger partial charge in [-0.15, -0.1) is 0 Å². The predicted molar refractivity (Wildman–Crippen MR) is 39.8 cm³/mol. The molecule has 0 spiro atoms. The van der Waals surface area contributed by atoms with Crippen molar-refractivity contribution in [3.05, 3.63) is 0 Å². The van der Waals surface area contributed by atoms with Gasteiger partial charge in [-0.3, -0.25) is 0 Å². The van der Waals surface area contributed by atoms with Crippen LogP contribution < -0.4 is 0 Å². The van der Waals surface area contributed by atoms with Gasteiger partial charge in [0.1, 0.15) is 0 Å². The lowest BCUT2D eigenvalue weighted by Gasteiger charge is -2.17. The Morgan fingerprint density at radius 3 is 3.00 bits per heavy atom. The number of hydrogen-bond acceptors (Lipinski definition) is 2. The molecule has 2 saturated heterocycles. The fourth-order valence-corrected chi connectivity index (χ4v) is 2.40. The van der Waals surface area contributed by atoms with Crippen molar-refractivity contribution in [3.63, 3.8) is 0 Å². The molecular formula is C8H15NO. The number of nitrogens with zero attached hydrogens (tertiary/aromatic N) is 1. The van der Waals surface area contributed by atoms with Crippen LogP contribution in [0.5, 0.6) is 0 Å². The van der Waals surface area contributed by atoms with E-state index in [1.54, 1.807) is 0 Å². The summed E-state index contributed by atoms with van der Waals surface area (Å²) < 4.78 is 0. The fraction of sp³-hybridized carbons (Fsp3) is 1.00. The molecule has 0 saturated carbocycles. The molecule has 0 aromatic carbocycles. The van der Waals surface area contributed by atoms with Crippen molar-refractivity contribution in [2.24, 2.45) is 5.92 Å². The molecule has 2 nitrogen and oxygen atoms in total. The van der Waals surface area contributed by atoms with E-state index in [-0.39, 0.29) is 0 Å². The molecule has 2 atom stereocenters. The zero-order chi connectivity index (χ0) is 6.97. The average Bonchev–Trinajstić information content (AvgIpc) is 2.44. The van der Waals surface area contributed by atoms with Crippen molar-refractivity contribution < 1.29 is 5.11 Å². The molecule has 0 radical (unpaired) electrons. The van der Waals surface area contributed by atoms with E-state index >= 15 is 0 Å². The highest BCUT2D eigenvalue weighted by atomic mass is 16.3. The Balaban J connectivity index is 2.01. The number of fused-ring (bicyclic) bond motifs is 1. The van der Waals surface area contributed by atoms with Gasteiger partial charge in [0.2, 0.25) is 0 Å². The minimum absolute atomic E-state index is 0.404. The first-order valence-corrected chi connectivity index (χ1v) is 4.26. The van der Waals surface area contributed by atoms with Crippen LogP contribution in [0.4, 0.5) is 0 Å². The Labute approximate surface area is 61.8 Å². The molecule has 0 amide bonds. The predicted octanol–water partition coefficient (Wildman–Crippen LogP) is 0.463. The standard InChI is InChI=1S/C8H15NO/c10-6-7-3-5-9-4-1-2-8(7)9/h7-8,10H,1-6H2/t7-,8-/m0/s1. The summed E-state index contributed by atoms with van der Waals surface area (Å²) in [6.45, 7) is 2.91. The fourth-order valence-electron chi connectivity index (χ4n) is 2.40. The monoisotopic (exact) mass is 141 g/mol. The van der Waals surface area contributed by atoms with E-state index in [4.69, 9.17) is 5.11 Å². The van der Waals surface area contributed by atoms with E-state index in [1.165, 1.54) is 32.4 Å². The van der Waals surface area contributed by atoms with Gasteiger partial charge in [-0.05, 0) is 38.3 Å². The van der Waals surface area contributed by atoms with Gasteiger partial charge in [0, 0.05) is 12.6 Å². The normalized spacial score (nSPS) is 40.5.